The van der Waals surface area contributed by atoms with Crippen LogP contribution in [0.15, 0.2) is 91.8 Å². The second-order valence-corrected chi connectivity index (χ2v) is 10.8. The van der Waals surface area contributed by atoms with Crippen LogP contribution in [0.4, 0.5) is 16.3 Å². The third kappa shape index (κ3) is 5.80. The molecule has 4 heterocycles. The van der Waals surface area contributed by atoms with Gasteiger partial charge in [0.05, 0.1) is 28.8 Å². The van der Waals surface area contributed by atoms with E-state index in [0.717, 1.165) is 33.5 Å². The number of hydrogen-bond acceptors (Lipinski definition) is 7. The van der Waals surface area contributed by atoms with E-state index in [1.165, 1.54) is 6.33 Å². The largest absolute Gasteiger partial charge is 0.457 e. The van der Waals surface area contributed by atoms with Gasteiger partial charge in [-0.05, 0) is 48.5 Å². The summed E-state index contributed by atoms with van der Waals surface area (Å²) in [5.74, 6) is 1.80. The maximum atomic E-state index is 13.1. The van der Waals surface area contributed by atoms with Crippen LogP contribution >= 0.6 is 0 Å². The number of urea groups is 1. The summed E-state index contributed by atoms with van der Waals surface area (Å²) in [6, 6.07) is 18.0. The highest BCUT2D eigenvalue weighted by molar-refractivity contribution is 5.99. The smallest absolute Gasteiger partial charge is 0.324 e. The summed E-state index contributed by atoms with van der Waals surface area (Å²) in [5.41, 5.74) is 4.51. The molecule has 0 radical (unpaired) electrons. The lowest BCUT2D eigenvalue weighted by Crippen LogP contribution is -2.21. The molecule has 0 bridgehead atoms. The predicted molar refractivity (Wildman–Crippen MR) is 161 cm³/mol. The summed E-state index contributed by atoms with van der Waals surface area (Å²) < 4.78 is 9.46. The highest BCUT2D eigenvalue weighted by atomic mass is 16.5. The minimum atomic E-state index is -0.398. The number of carbonyl (C=O) groups is 1. The number of pyridine rings is 1. The summed E-state index contributed by atoms with van der Waals surface area (Å²) in [6.45, 7) is 6.23. The first-order valence-electron chi connectivity index (χ1n) is 13.3. The third-order valence-electron chi connectivity index (χ3n) is 6.53. The van der Waals surface area contributed by atoms with Gasteiger partial charge >= 0.3 is 6.03 Å². The van der Waals surface area contributed by atoms with Gasteiger partial charge in [0, 0.05) is 59.8 Å². The molecule has 2 N–H and O–H groups in total. The monoisotopic (exact) mass is 559 g/mol. The van der Waals surface area contributed by atoms with Crippen molar-refractivity contribution < 1.29 is 9.53 Å². The van der Waals surface area contributed by atoms with Gasteiger partial charge in [-0.15, -0.1) is 0 Å². The quantitative estimate of drug-likeness (QED) is 0.244. The molecule has 0 spiro atoms. The fraction of sp³-hybridized carbons (Fsp3) is 0.161. The van der Waals surface area contributed by atoms with E-state index in [0.29, 0.717) is 23.0 Å². The van der Waals surface area contributed by atoms with Crippen LogP contribution in [0.2, 0.25) is 0 Å². The molecule has 0 aliphatic rings. The van der Waals surface area contributed by atoms with Crippen LogP contribution in [0.1, 0.15) is 26.5 Å². The molecule has 2 amide bonds. The highest BCUT2D eigenvalue weighted by Gasteiger charge is 2.22. The topological polar surface area (TPSA) is 125 Å². The van der Waals surface area contributed by atoms with Crippen LogP contribution in [0.5, 0.6) is 11.5 Å². The second-order valence-electron chi connectivity index (χ2n) is 10.8. The van der Waals surface area contributed by atoms with Crippen molar-refractivity contribution in [3.05, 3.63) is 97.5 Å². The molecule has 6 aromatic rings. The minimum Gasteiger partial charge on any atom is -0.457 e. The lowest BCUT2D eigenvalue weighted by atomic mass is 9.92. The van der Waals surface area contributed by atoms with Crippen LogP contribution in [-0.2, 0) is 12.5 Å². The van der Waals surface area contributed by atoms with Gasteiger partial charge < -0.3 is 10.1 Å². The molecule has 6 rings (SSSR count). The Bertz CT molecular complexity index is 1890. The standard InChI is InChI=1S/C31H29N9O2/c1-31(2,3)28-15-29(40(38-28)23-7-10-26-20(13-23)16-32-19-34-26)37-30(41)36-22-5-8-24(9-6-22)42-25-11-12-33-27(14-25)21-17-35-39(4)18-21/h5-19H,1-4H3,(H2,36,37,41). The maximum absolute atomic E-state index is 13.1. The number of fused-ring (bicyclic) bond motifs is 1. The molecule has 0 saturated carbocycles. The Labute approximate surface area is 242 Å². The van der Waals surface area contributed by atoms with Crippen LogP contribution in [-0.4, -0.2) is 40.5 Å². The fourth-order valence-electron chi connectivity index (χ4n) is 4.34. The molecule has 2 aromatic carbocycles. The van der Waals surface area contributed by atoms with Gasteiger partial charge in [-0.1, -0.05) is 20.8 Å². The number of nitrogens with one attached hydrogen (secondary N) is 2. The summed E-state index contributed by atoms with van der Waals surface area (Å²) in [7, 11) is 1.86. The van der Waals surface area contributed by atoms with Crippen molar-refractivity contribution in [2.75, 3.05) is 10.6 Å². The summed E-state index contributed by atoms with van der Waals surface area (Å²) in [5, 5.41) is 15.7. The van der Waals surface area contributed by atoms with Gasteiger partial charge in [-0.3, -0.25) is 15.0 Å². The van der Waals surface area contributed by atoms with Gasteiger partial charge in [0.2, 0.25) is 0 Å². The number of rotatable bonds is 6. The van der Waals surface area contributed by atoms with Gasteiger partial charge in [-0.2, -0.15) is 10.2 Å². The predicted octanol–water partition coefficient (Wildman–Crippen LogP) is 6.34. The molecule has 0 atom stereocenters. The normalized spacial score (nSPS) is 11.4. The number of aromatic nitrogens is 7. The van der Waals surface area contributed by atoms with Crippen molar-refractivity contribution in [2.45, 2.75) is 26.2 Å². The van der Waals surface area contributed by atoms with E-state index >= 15 is 0 Å². The average molecular weight is 560 g/mol. The number of amides is 2. The van der Waals surface area contributed by atoms with Crippen LogP contribution in [0, 0.1) is 0 Å². The molecule has 11 heteroatoms. The molecule has 4 aromatic heterocycles. The van der Waals surface area contributed by atoms with Gasteiger partial charge in [0.1, 0.15) is 23.6 Å². The van der Waals surface area contributed by atoms with E-state index in [2.05, 4.69) is 51.5 Å². The zero-order chi connectivity index (χ0) is 29.3. The first-order valence-corrected chi connectivity index (χ1v) is 13.3. The van der Waals surface area contributed by atoms with Crippen molar-refractivity contribution >= 4 is 28.4 Å². The Morgan fingerprint density at radius 2 is 1.74 bits per heavy atom. The number of anilines is 2. The zero-order valence-corrected chi connectivity index (χ0v) is 23.6. The maximum Gasteiger partial charge on any atom is 0.324 e. The molecule has 0 saturated heterocycles. The fourth-order valence-corrected chi connectivity index (χ4v) is 4.34. The molecule has 0 unspecified atom stereocenters. The van der Waals surface area contributed by atoms with E-state index < -0.39 is 6.03 Å². The zero-order valence-electron chi connectivity index (χ0n) is 23.6. The third-order valence-corrected chi connectivity index (χ3v) is 6.53. The van der Waals surface area contributed by atoms with E-state index in [1.54, 1.807) is 58.3 Å². The Balaban J connectivity index is 1.16. The Morgan fingerprint density at radius 1 is 0.905 bits per heavy atom. The van der Waals surface area contributed by atoms with E-state index in [1.807, 2.05) is 43.6 Å². The highest BCUT2D eigenvalue weighted by Crippen LogP contribution is 2.29. The Kier molecular flexibility index (Phi) is 6.83. The molecule has 11 nitrogen and oxygen atoms in total. The molecule has 0 aliphatic carbocycles. The number of benzene rings is 2. The molecule has 42 heavy (non-hydrogen) atoms. The van der Waals surface area contributed by atoms with Crippen LogP contribution in [0.3, 0.4) is 0 Å². The van der Waals surface area contributed by atoms with E-state index in [-0.39, 0.29) is 5.41 Å². The molecular formula is C31H29N9O2. The van der Waals surface area contributed by atoms with Crippen LogP contribution < -0.4 is 15.4 Å². The van der Waals surface area contributed by atoms with Gasteiger partial charge in [0.25, 0.3) is 0 Å². The van der Waals surface area contributed by atoms with Crippen LogP contribution in [0.25, 0.3) is 27.8 Å². The molecule has 210 valence electrons. The Morgan fingerprint density at radius 3 is 2.50 bits per heavy atom. The lowest BCUT2D eigenvalue weighted by Gasteiger charge is -2.14. The molecule has 0 fully saturated rings. The first kappa shape index (κ1) is 26.6. The summed E-state index contributed by atoms with van der Waals surface area (Å²) >= 11 is 0. The average Bonchev–Trinajstić information content (AvgIpc) is 3.60. The summed E-state index contributed by atoms with van der Waals surface area (Å²) in [4.78, 5) is 25.9. The van der Waals surface area contributed by atoms with E-state index in [9.17, 15) is 4.79 Å². The van der Waals surface area contributed by atoms with E-state index in [4.69, 9.17) is 9.84 Å². The van der Waals surface area contributed by atoms with Gasteiger partial charge in [-0.25, -0.2) is 19.4 Å². The summed E-state index contributed by atoms with van der Waals surface area (Å²) in [6.07, 6.45) is 8.61. The first-order chi connectivity index (χ1) is 20.2. The number of ether oxygens (including phenoxy) is 1. The molecule has 0 aliphatic heterocycles. The van der Waals surface area contributed by atoms with Crippen molar-refractivity contribution in [3.63, 3.8) is 0 Å². The SMILES string of the molecule is Cn1cc(-c2cc(Oc3ccc(NC(=O)Nc4cc(C(C)(C)C)nn4-c4ccc5ncncc5c4)cc3)ccn2)cn1. The minimum absolute atomic E-state index is 0.221. The Hall–Kier alpha value is -5.58. The van der Waals surface area contributed by atoms with Crippen molar-refractivity contribution in [3.8, 4) is 28.4 Å². The number of nitrogens with zero attached hydrogens (tertiary/aromatic N) is 7. The van der Waals surface area contributed by atoms with Crippen molar-refractivity contribution in [2.24, 2.45) is 7.05 Å². The van der Waals surface area contributed by atoms with Gasteiger partial charge in [0.15, 0.2) is 0 Å². The lowest BCUT2D eigenvalue weighted by molar-refractivity contribution is 0.262. The van der Waals surface area contributed by atoms with Crippen molar-refractivity contribution in [1.29, 1.82) is 0 Å². The van der Waals surface area contributed by atoms with Crippen molar-refractivity contribution in [1.82, 2.24) is 34.5 Å². The number of aryl methyl sites for hydroxylation is 1. The second kappa shape index (κ2) is 10.8. The number of hydrogen-bond donors (Lipinski definition) is 2. The number of carbonyl (C=O) groups excluding carboxylic acids is 1. The molecular weight excluding hydrogens is 530 g/mol.